The van der Waals surface area contributed by atoms with Gasteiger partial charge < -0.3 is 15.9 Å². The number of ether oxygens (including phenoxy) is 1. The predicted octanol–water partition coefficient (Wildman–Crippen LogP) is -0.467. The molecule has 0 fully saturated rings. The molecule has 0 radical (unpaired) electrons. The Morgan fingerprint density at radius 2 is 2.25 bits per heavy atom. The van der Waals surface area contributed by atoms with E-state index in [1.54, 1.807) is 13.2 Å². The van der Waals surface area contributed by atoms with Gasteiger partial charge >= 0.3 is 0 Å². The Hall–Kier alpha value is -1.45. The molecule has 3 nitrogen and oxygen atoms in total. The second-order valence-corrected chi connectivity index (χ2v) is 2.59. The van der Waals surface area contributed by atoms with Crippen LogP contribution < -0.4 is 15.9 Å². The molecule has 3 N–H and O–H groups in total. The fraction of sp³-hybridized carbons (Fsp3) is 0.125. The van der Waals surface area contributed by atoms with Crippen molar-refractivity contribution < 1.29 is 4.74 Å². The van der Waals surface area contributed by atoms with E-state index in [0.29, 0.717) is 11.3 Å². The molecule has 0 unspecified atom stereocenters. The molecule has 0 bridgehead atoms. The lowest BCUT2D eigenvalue weighted by atomic mass is 9.91. The van der Waals surface area contributed by atoms with Crippen LogP contribution in [-0.2, 0) is 0 Å². The van der Waals surface area contributed by atoms with Crippen LogP contribution in [0.5, 0.6) is 5.75 Å². The Labute approximate surface area is 72.5 Å². The van der Waals surface area contributed by atoms with Crippen LogP contribution in [0.1, 0.15) is 5.56 Å². The van der Waals surface area contributed by atoms with E-state index in [0.717, 1.165) is 11.2 Å². The maximum absolute atomic E-state index is 7.09. The molecule has 0 aromatic heterocycles. The van der Waals surface area contributed by atoms with Gasteiger partial charge in [0.15, 0.2) is 0 Å². The number of nitrogens with one attached hydrogen (secondary N) is 1. The van der Waals surface area contributed by atoms with Crippen LogP contribution in [0.25, 0.3) is 0 Å². The molecule has 1 rings (SSSR count). The van der Waals surface area contributed by atoms with Crippen LogP contribution in [0.15, 0.2) is 12.1 Å². The SMILES string of the molecule is Bc1cc(OC)cc(C=N)c1N. The topological polar surface area (TPSA) is 59.1 Å². The average molecular weight is 162 g/mol. The number of rotatable bonds is 2. The second kappa shape index (κ2) is 3.30. The molecule has 0 aliphatic rings. The van der Waals surface area contributed by atoms with Crippen molar-refractivity contribution in [2.45, 2.75) is 0 Å². The minimum Gasteiger partial charge on any atom is -0.497 e. The number of benzene rings is 1. The van der Waals surface area contributed by atoms with Crippen molar-refractivity contribution in [2.75, 3.05) is 12.8 Å². The van der Waals surface area contributed by atoms with E-state index in [1.807, 2.05) is 13.9 Å². The number of hydrogen-bond acceptors (Lipinski definition) is 3. The van der Waals surface area contributed by atoms with E-state index in [9.17, 15) is 0 Å². The monoisotopic (exact) mass is 162 g/mol. The molecule has 0 aliphatic heterocycles. The average Bonchev–Trinajstić information content (AvgIpc) is 2.09. The van der Waals surface area contributed by atoms with Gasteiger partial charge in [-0.05, 0) is 12.1 Å². The van der Waals surface area contributed by atoms with E-state index in [4.69, 9.17) is 15.9 Å². The largest absolute Gasteiger partial charge is 0.497 e. The molecule has 0 aliphatic carbocycles. The van der Waals surface area contributed by atoms with E-state index >= 15 is 0 Å². The third-order valence-corrected chi connectivity index (χ3v) is 1.78. The van der Waals surface area contributed by atoms with Crippen LogP contribution in [0.2, 0.25) is 0 Å². The van der Waals surface area contributed by atoms with Gasteiger partial charge in [-0.25, -0.2) is 0 Å². The lowest BCUT2D eigenvalue weighted by Gasteiger charge is -2.07. The highest BCUT2D eigenvalue weighted by molar-refractivity contribution is 6.36. The van der Waals surface area contributed by atoms with Gasteiger partial charge in [-0.2, -0.15) is 0 Å². The van der Waals surface area contributed by atoms with Gasteiger partial charge in [-0.15, -0.1) is 0 Å². The third-order valence-electron chi connectivity index (χ3n) is 1.78. The summed E-state index contributed by atoms with van der Waals surface area (Å²) in [4.78, 5) is 0. The summed E-state index contributed by atoms with van der Waals surface area (Å²) in [6, 6.07) is 3.59. The van der Waals surface area contributed by atoms with Gasteiger partial charge in [0.05, 0.1) is 7.11 Å². The molecule has 0 atom stereocenters. The summed E-state index contributed by atoms with van der Waals surface area (Å²) in [5.41, 5.74) is 7.99. The van der Waals surface area contributed by atoms with Gasteiger partial charge in [-0.1, -0.05) is 5.46 Å². The summed E-state index contributed by atoms with van der Waals surface area (Å²) in [6.07, 6.45) is 1.23. The predicted molar refractivity (Wildman–Crippen MR) is 53.5 cm³/mol. The molecular formula is C8H11BN2O. The molecule has 0 saturated heterocycles. The van der Waals surface area contributed by atoms with Crippen molar-refractivity contribution in [3.05, 3.63) is 17.7 Å². The Bertz CT molecular complexity index is 312. The number of hydrogen-bond donors (Lipinski definition) is 2. The molecule has 4 heteroatoms. The zero-order valence-electron chi connectivity index (χ0n) is 7.22. The minimum absolute atomic E-state index is 0.644. The lowest BCUT2D eigenvalue weighted by molar-refractivity contribution is 0.415. The van der Waals surface area contributed by atoms with Crippen LogP contribution in [0, 0.1) is 5.41 Å². The highest BCUT2D eigenvalue weighted by Crippen LogP contribution is 2.14. The van der Waals surface area contributed by atoms with Crippen LogP contribution in [0.4, 0.5) is 5.69 Å². The number of nitrogen functional groups attached to an aromatic ring is 1. The Morgan fingerprint density at radius 3 is 2.75 bits per heavy atom. The molecule has 1 aromatic rings. The summed E-state index contributed by atoms with van der Waals surface area (Å²) >= 11 is 0. The van der Waals surface area contributed by atoms with Crippen molar-refractivity contribution in [1.29, 1.82) is 5.41 Å². The molecular weight excluding hydrogens is 151 g/mol. The minimum atomic E-state index is 0.644. The maximum atomic E-state index is 7.09. The quantitative estimate of drug-likeness (QED) is 0.351. The fourth-order valence-corrected chi connectivity index (χ4v) is 1.03. The molecule has 62 valence electrons. The van der Waals surface area contributed by atoms with Gasteiger partial charge in [-0.3, -0.25) is 0 Å². The number of anilines is 1. The zero-order chi connectivity index (χ0) is 9.14. The third kappa shape index (κ3) is 1.42. The summed E-state index contributed by atoms with van der Waals surface area (Å²) in [5, 5.41) is 7.09. The molecule has 12 heavy (non-hydrogen) atoms. The Kier molecular flexibility index (Phi) is 2.38. The van der Waals surface area contributed by atoms with Crippen molar-refractivity contribution in [3.8, 4) is 5.75 Å². The van der Waals surface area contributed by atoms with E-state index < -0.39 is 0 Å². The van der Waals surface area contributed by atoms with E-state index in [2.05, 4.69) is 0 Å². The van der Waals surface area contributed by atoms with Gasteiger partial charge in [0.2, 0.25) is 0 Å². The molecule has 0 heterocycles. The normalized spacial score (nSPS) is 9.42. The molecule has 0 spiro atoms. The maximum Gasteiger partial charge on any atom is 0.142 e. The standard InChI is InChI=1S/C8H11BN2O/c1-12-6-2-5(4-10)8(11)7(9)3-6/h2-4,10H,9,11H2,1H3. The molecule has 0 amide bonds. The van der Waals surface area contributed by atoms with Crippen molar-refractivity contribution in [3.63, 3.8) is 0 Å². The van der Waals surface area contributed by atoms with Crippen molar-refractivity contribution in [2.24, 2.45) is 0 Å². The van der Waals surface area contributed by atoms with E-state index in [-0.39, 0.29) is 0 Å². The first-order chi connectivity index (χ1) is 5.69. The van der Waals surface area contributed by atoms with Crippen molar-refractivity contribution >= 4 is 25.2 Å². The summed E-state index contributed by atoms with van der Waals surface area (Å²) in [7, 11) is 3.49. The van der Waals surface area contributed by atoms with Crippen molar-refractivity contribution in [1.82, 2.24) is 0 Å². The van der Waals surface area contributed by atoms with Gasteiger partial charge in [0.1, 0.15) is 13.6 Å². The Balaban J connectivity index is 3.28. The van der Waals surface area contributed by atoms with Gasteiger partial charge in [0, 0.05) is 17.5 Å². The fourth-order valence-electron chi connectivity index (χ4n) is 1.03. The smallest absolute Gasteiger partial charge is 0.142 e. The summed E-state index contributed by atoms with van der Waals surface area (Å²) in [5.74, 6) is 0.736. The first kappa shape index (κ1) is 8.65. The van der Waals surface area contributed by atoms with Crippen LogP contribution in [-0.4, -0.2) is 21.2 Å². The first-order valence-electron chi connectivity index (χ1n) is 3.63. The first-order valence-corrected chi connectivity index (χ1v) is 3.63. The van der Waals surface area contributed by atoms with E-state index in [1.165, 1.54) is 6.21 Å². The summed E-state index contributed by atoms with van der Waals surface area (Å²) < 4.78 is 5.03. The van der Waals surface area contributed by atoms with Gasteiger partial charge in [0.25, 0.3) is 0 Å². The number of methoxy groups -OCH3 is 1. The van der Waals surface area contributed by atoms with Crippen LogP contribution in [0.3, 0.4) is 0 Å². The second-order valence-electron chi connectivity index (χ2n) is 2.59. The van der Waals surface area contributed by atoms with Crippen LogP contribution >= 0.6 is 0 Å². The molecule has 1 aromatic carbocycles. The highest BCUT2D eigenvalue weighted by Gasteiger charge is 2.02. The summed E-state index contributed by atoms with van der Waals surface area (Å²) in [6.45, 7) is 0. The number of nitrogens with two attached hydrogens (primary N) is 1. The lowest BCUT2D eigenvalue weighted by Crippen LogP contribution is -2.12. The molecule has 0 saturated carbocycles. The highest BCUT2D eigenvalue weighted by atomic mass is 16.5. The zero-order valence-corrected chi connectivity index (χ0v) is 7.22. The Morgan fingerprint density at radius 1 is 1.58 bits per heavy atom.